The smallest absolute Gasteiger partial charge is 0.232 e. The summed E-state index contributed by atoms with van der Waals surface area (Å²) in [5, 5.41) is 10.9. The van der Waals surface area contributed by atoms with Crippen molar-refractivity contribution in [3.63, 3.8) is 0 Å². The van der Waals surface area contributed by atoms with E-state index in [2.05, 4.69) is 0 Å². The van der Waals surface area contributed by atoms with Gasteiger partial charge >= 0.3 is 36.3 Å². The van der Waals surface area contributed by atoms with Crippen LogP contribution in [0.3, 0.4) is 0 Å². The molecule has 0 spiro atoms. The Balaban J connectivity index is 4.16. The summed E-state index contributed by atoms with van der Waals surface area (Å²) in [5.41, 5.74) is -12.1. The first kappa shape index (κ1) is 25.2. The van der Waals surface area contributed by atoms with Crippen molar-refractivity contribution in [1.29, 1.82) is 0 Å². The van der Waals surface area contributed by atoms with E-state index in [0.717, 1.165) is 0 Å². The van der Waals surface area contributed by atoms with Crippen molar-refractivity contribution in [2.45, 2.75) is 42.9 Å². The molecule has 1 aromatic rings. The summed E-state index contributed by atoms with van der Waals surface area (Å²) in [6.45, 7) is -2.65. The van der Waals surface area contributed by atoms with E-state index in [9.17, 15) is 71.0 Å². The average molecular weight is 461 g/mol. The summed E-state index contributed by atoms with van der Waals surface area (Å²) in [6, 6.07) is -2.55. The van der Waals surface area contributed by atoms with Gasteiger partial charge in [-0.25, -0.2) is 5.11 Å². The van der Waals surface area contributed by atoms with Crippen LogP contribution in [-0.4, -0.2) is 18.5 Å². The third kappa shape index (κ3) is 4.07. The molecule has 0 fully saturated rings. The predicted octanol–water partition coefficient (Wildman–Crippen LogP) is 6.58. The van der Waals surface area contributed by atoms with E-state index in [-0.39, 0.29) is 0 Å². The Morgan fingerprint density at radius 3 is 1.00 bits per heavy atom. The SMILES string of the molecule is [O]Cc1c(C(F)(F)C(F)(F)F)cc(C(F)(F)C(F)(F)F)cc1C(F)(F)C(F)(F)F. The van der Waals surface area contributed by atoms with Crippen molar-refractivity contribution in [3.05, 3.63) is 34.4 Å². The maximum Gasteiger partial charge on any atom is 0.458 e. The molecule has 0 amide bonds. The van der Waals surface area contributed by atoms with Crippen LogP contribution in [0.4, 0.5) is 65.9 Å². The van der Waals surface area contributed by atoms with Crippen LogP contribution in [0.15, 0.2) is 12.1 Å². The fourth-order valence-corrected chi connectivity index (χ4v) is 2.04. The van der Waals surface area contributed by atoms with Crippen LogP contribution in [0, 0.1) is 0 Å². The molecule has 1 nitrogen and oxygen atoms in total. The van der Waals surface area contributed by atoms with Gasteiger partial charge in [0.15, 0.2) is 0 Å². The fourth-order valence-electron chi connectivity index (χ4n) is 2.04. The average Bonchev–Trinajstić information content (AvgIpc) is 2.49. The third-order valence-electron chi connectivity index (χ3n) is 3.50. The summed E-state index contributed by atoms with van der Waals surface area (Å²) in [5.74, 6) is -19.4. The lowest BCUT2D eigenvalue weighted by molar-refractivity contribution is -0.295. The molecular formula is C13H4F15O. The minimum atomic E-state index is -6.84. The molecule has 0 bridgehead atoms. The highest BCUT2D eigenvalue weighted by molar-refractivity contribution is 5.46. The lowest BCUT2D eigenvalue weighted by Crippen LogP contribution is -2.40. The van der Waals surface area contributed by atoms with Gasteiger partial charge in [0.05, 0.1) is 0 Å². The number of halogens is 15. The molecule has 0 saturated heterocycles. The maximum absolute atomic E-state index is 13.5. The summed E-state index contributed by atoms with van der Waals surface area (Å²) >= 11 is 0. The molecule has 0 aliphatic heterocycles. The molecule has 1 aromatic carbocycles. The third-order valence-corrected chi connectivity index (χ3v) is 3.50. The minimum absolute atomic E-state index is 1.27. The standard InChI is InChI=1S/C13H4F15O/c14-8(15,11(20,21)22)4-1-6(9(16,17)12(23,24)25)5(3-29)7(2-4)10(18,19)13(26,27)28/h1-2H,3H2. The van der Waals surface area contributed by atoms with Gasteiger partial charge in [0.2, 0.25) is 0 Å². The molecule has 1 rings (SSSR count). The predicted molar refractivity (Wildman–Crippen MR) is 60.7 cm³/mol. The second-order valence-corrected chi connectivity index (χ2v) is 5.41. The number of hydrogen-bond acceptors (Lipinski definition) is 0. The summed E-state index contributed by atoms with van der Waals surface area (Å²) < 4.78 is 193. The second-order valence-electron chi connectivity index (χ2n) is 5.41. The van der Waals surface area contributed by atoms with E-state index in [1.165, 1.54) is 0 Å². The van der Waals surface area contributed by atoms with Gasteiger partial charge in [0.1, 0.15) is 6.61 Å². The number of hydrogen-bond donors (Lipinski definition) is 0. The van der Waals surface area contributed by atoms with Crippen molar-refractivity contribution in [2.75, 3.05) is 0 Å². The van der Waals surface area contributed by atoms with Gasteiger partial charge in [0.25, 0.3) is 0 Å². The monoisotopic (exact) mass is 461 g/mol. The molecule has 0 saturated carbocycles. The van der Waals surface area contributed by atoms with Gasteiger partial charge in [-0.2, -0.15) is 65.9 Å². The van der Waals surface area contributed by atoms with Gasteiger partial charge in [-0.05, 0) is 12.1 Å². The van der Waals surface area contributed by atoms with Crippen LogP contribution < -0.4 is 0 Å². The van der Waals surface area contributed by atoms with E-state index in [1.807, 2.05) is 0 Å². The number of rotatable bonds is 4. The first-order chi connectivity index (χ1) is 12.5. The molecule has 0 aromatic heterocycles. The van der Waals surface area contributed by atoms with Gasteiger partial charge < -0.3 is 0 Å². The van der Waals surface area contributed by atoms with Crippen molar-refractivity contribution in [2.24, 2.45) is 0 Å². The molecule has 0 N–H and O–H groups in total. The zero-order chi connectivity index (χ0) is 23.4. The zero-order valence-corrected chi connectivity index (χ0v) is 12.9. The fraction of sp³-hybridized carbons (Fsp3) is 0.538. The Morgan fingerprint density at radius 2 is 0.793 bits per heavy atom. The van der Waals surface area contributed by atoms with Crippen molar-refractivity contribution < 1.29 is 71.0 Å². The highest BCUT2D eigenvalue weighted by Gasteiger charge is 2.65. The Hall–Kier alpha value is -1.87. The molecule has 0 unspecified atom stereocenters. The van der Waals surface area contributed by atoms with Gasteiger partial charge in [-0.3, -0.25) is 0 Å². The van der Waals surface area contributed by atoms with E-state index >= 15 is 0 Å². The van der Waals surface area contributed by atoms with Crippen molar-refractivity contribution >= 4 is 0 Å². The Kier molecular flexibility index (Phi) is 5.93. The van der Waals surface area contributed by atoms with Crippen molar-refractivity contribution in [3.8, 4) is 0 Å². The zero-order valence-electron chi connectivity index (χ0n) is 12.9. The molecule has 16 heteroatoms. The van der Waals surface area contributed by atoms with E-state index in [1.54, 1.807) is 0 Å². The van der Waals surface area contributed by atoms with Crippen LogP contribution >= 0.6 is 0 Å². The molecule has 0 aliphatic carbocycles. The lowest BCUT2D eigenvalue weighted by atomic mass is 9.88. The van der Waals surface area contributed by atoms with Crippen molar-refractivity contribution in [1.82, 2.24) is 0 Å². The summed E-state index contributed by atoms with van der Waals surface area (Å²) in [4.78, 5) is 0. The Labute approximate surface area is 149 Å². The van der Waals surface area contributed by atoms with Crippen LogP contribution in [0.2, 0.25) is 0 Å². The van der Waals surface area contributed by atoms with Crippen LogP contribution in [0.1, 0.15) is 22.3 Å². The minimum Gasteiger partial charge on any atom is -0.232 e. The summed E-state index contributed by atoms with van der Waals surface area (Å²) in [6.07, 6.45) is -20.5. The van der Waals surface area contributed by atoms with Crippen LogP contribution in [0.5, 0.6) is 0 Å². The first-order valence-corrected chi connectivity index (χ1v) is 6.63. The van der Waals surface area contributed by atoms with Gasteiger partial charge in [-0.1, -0.05) is 0 Å². The number of benzene rings is 1. The molecule has 0 aliphatic rings. The number of alkyl halides is 15. The van der Waals surface area contributed by atoms with E-state index in [4.69, 9.17) is 0 Å². The topological polar surface area (TPSA) is 19.9 Å². The molecule has 29 heavy (non-hydrogen) atoms. The molecular weight excluding hydrogens is 457 g/mol. The molecule has 0 atom stereocenters. The normalized spacial score (nSPS) is 15.0. The Morgan fingerprint density at radius 1 is 0.517 bits per heavy atom. The first-order valence-electron chi connectivity index (χ1n) is 6.63. The highest BCUT2D eigenvalue weighted by atomic mass is 19.4. The second kappa shape index (κ2) is 6.84. The largest absolute Gasteiger partial charge is 0.458 e. The maximum atomic E-state index is 13.5. The highest BCUT2D eigenvalue weighted by Crippen LogP contribution is 2.53. The molecule has 1 radical (unpaired) electrons. The molecule has 0 heterocycles. The van der Waals surface area contributed by atoms with E-state index < -0.39 is 77.3 Å². The summed E-state index contributed by atoms with van der Waals surface area (Å²) in [7, 11) is 0. The quantitative estimate of drug-likeness (QED) is 0.452. The van der Waals surface area contributed by atoms with Gasteiger partial charge in [-0.15, -0.1) is 0 Å². The molecule has 167 valence electrons. The lowest BCUT2D eigenvalue weighted by Gasteiger charge is -2.29. The van der Waals surface area contributed by atoms with Crippen LogP contribution in [0.25, 0.3) is 0 Å². The van der Waals surface area contributed by atoms with Gasteiger partial charge in [0, 0.05) is 22.3 Å². The van der Waals surface area contributed by atoms with E-state index in [0.29, 0.717) is 0 Å². The Bertz CT molecular complexity index is 706. The van der Waals surface area contributed by atoms with Crippen LogP contribution in [-0.2, 0) is 29.5 Å².